The summed E-state index contributed by atoms with van der Waals surface area (Å²) in [5.41, 5.74) is 23.6. The van der Waals surface area contributed by atoms with E-state index in [-0.39, 0.29) is 37.2 Å². The fourth-order valence-electron chi connectivity index (χ4n) is 8.67. The smallest absolute Gasteiger partial charge is 0.405 e. The highest BCUT2D eigenvalue weighted by molar-refractivity contribution is 6.94. The maximum absolute atomic E-state index is 4.01. The Hall–Kier alpha value is -4.13. The standard InChI is InChI=1S/C36H39B3N6/c1-34(2,3)16-10-19-25-20(11-16)41-38-32-28(25)31-29-26-21(42-37(31)40-19)12-17(35(4,5)6)14-23(26)44-39-33(29)30(32)27-22(43-38)13-18(36(7,8)9)15-24(27)45-39/h10-15,40-45H,1-9H3. The molecule has 4 aromatic carbocycles. The van der Waals surface area contributed by atoms with Gasteiger partial charge in [-0.3, -0.25) is 0 Å². The summed E-state index contributed by atoms with van der Waals surface area (Å²) in [5, 5.41) is 24.1. The molecule has 0 amide bonds. The normalized spacial score (nSPS) is 16.6. The molecule has 0 unspecified atom stereocenters. The first kappa shape index (κ1) is 26.1. The molecule has 0 saturated heterocycles. The Morgan fingerprint density at radius 1 is 0.333 bits per heavy atom. The molecule has 6 aliphatic heterocycles. The van der Waals surface area contributed by atoms with Crippen LogP contribution in [0.5, 0.6) is 0 Å². The average molecular weight is 588 g/mol. The minimum atomic E-state index is -0.0220. The zero-order valence-electron chi connectivity index (χ0n) is 27.7. The molecule has 0 atom stereocenters. The molecule has 0 bridgehead atoms. The van der Waals surface area contributed by atoms with Crippen molar-refractivity contribution in [2.24, 2.45) is 0 Å². The van der Waals surface area contributed by atoms with Crippen LogP contribution in [0.2, 0.25) is 0 Å². The van der Waals surface area contributed by atoms with Crippen LogP contribution in [-0.4, -0.2) is 20.9 Å². The van der Waals surface area contributed by atoms with E-state index in [1.165, 1.54) is 101 Å². The third-order valence-electron chi connectivity index (χ3n) is 11.0. The average Bonchev–Trinajstić information content (AvgIpc) is 2.94. The van der Waals surface area contributed by atoms with Crippen molar-refractivity contribution in [1.29, 1.82) is 0 Å². The van der Waals surface area contributed by atoms with Crippen LogP contribution in [0.1, 0.15) is 79.0 Å². The molecule has 6 N–H and O–H groups in total. The maximum Gasteiger partial charge on any atom is 0.407 e. The number of benzene rings is 4. The van der Waals surface area contributed by atoms with Gasteiger partial charge in [-0.15, -0.1) is 0 Å². The molecule has 0 saturated carbocycles. The molecule has 0 aromatic heterocycles. The summed E-state index contributed by atoms with van der Waals surface area (Å²) >= 11 is 0. The molecule has 6 nitrogen and oxygen atoms in total. The molecule has 45 heavy (non-hydrogen) atoms. The van der Waals surface area contributed by atoms with Crippen molar-refractivity contribution in [2.45, 2.75) is 78.6 Å². The van der Waals surface area contributed by atoms with Crippen LogP contribution in [0.25, 0.3) is 33.4 Å². The SMILES string of the molecule is CC(C)(C)c1cc2c3c(c1)NB1Nc4cc(C(C)(C)C)cc5c4-c4c1c-3c1c3c4B(Nc4cc(C(C)(C)C)cc(c4-3)NB1N2)N5. The molecule has 0 fully saturated rings. The molecule has 9 heteroatoms. The molecule has 0 spiro atoms. The molecule has 4 aromatic rings. The highest BCUT2D eigenvalue weighted by Gasteiger charge is 2.52. The Labute approximate surface area is 267 Å². The van der Waals surface area contributed by atoms with Crippen LogP contribution in [-0.2, 0) is 16.2 Å². The minimum Gasteiger partial charge on any atom is -0.405 e. The zero-order chi connectivity index (χ0) is 31.1. The third-order valence-corrected chi connectivity index (χ3v) is 11.0. The van der Waals surface area contributed by atoms with E-state index in [1.54, 1.807) is 0 Å². The van der Waals surface area contributed by atoms with Gasteiger partial charge in [-0.25, -0.2) is 0 Å². The number of nitrogens with one attached hydrogen (secondary N) is 6. The van der Waals surface area contributed by atoms with Gasteiger partial charge >= 0.3 is 20.9 Å². The van der Waals surface area contributed by atoms with Crippen LogP contribution in [0.4, 0.5) is 34.1 Å². The van der Waals surface area contributed by atoms with Crippen molar-refractivity contribution in [2.75, 3.05) is 31.4 Å². The molecule has 6 heterocycles. The van der Waals surface area contributed by atoms with Crippen molar-refractivity contribution >= 4 is 71.5 Å². The van der Waals surface area contributed by atoms with Gasteiger partial charge in [0, 0.05) is 50.8 Å². The summed E-state index contributed by atoms with van der Waals surface area (Å²) in [6.07, 6.45) is 0. The lowest BCUT2D eigenvalue weighted by molar-refractivity contribution is 0.590. The Morgan fingerprint density at radius 3 is 0.711 bits per heavy atom. The third kappa shape index (κ3) is 3.19. The van der Waals surface area contributed by atoms with E-state index >= 15 is 0 Å². The van der Waals surface area contributed by atoms with Crippen molar-refractivity contribution in [1.82, 2.24) is 0 Å². The van der Waals surface area contributed by atoms with Gasteiger partial charge in [0.2, 0.25) is 0 Å². The Bertz CT molecular complexity index is 1760. The fraction of sp³-hybridized carbons (Fsp3) is 0.333. The van der Waals surface area contributed by atoms with Crippen LogP contribution >= 0.6 is 0 Å². The summed E-state index contributed by atoms with van der Waals surface area (Å²) in [5.74, 6) is 0. The molecular weight excluding hydrogens is 549 g/mol. The van der Waals surface area contributed by atoms with Gasteiger partial charge in [-0.2, -0.15) is 0 Å². The molecule has 0 radical (unpaired) electrons. The second kappa shape index (κ2) is 7.63. The predicted molar refractivity (Wildman–Crippen MR) is 197 cm³/mol. The molecule has 6 aliphatic rings. The Balaban J connectivity index is 1.37. The van der Waals surface area contributed by atoms with Gasteiger partial charge in [0.1, 0.15) is 0 Å². The van der Waals surface area contributed by atoms with Gasteiger partial charge in [-0.1, -0.05) is 62.3 Å². The van der Waals surface area contributed by atoms with E-state index in [0.717, 1.165) is 0 Å². The monoisotopic (exact) mass is 588 g/mol. The van der Waals surface area contributed by atoms with Crippen LogP contribution in [0.3, 0.4) is 0 Å². The van der Waals surface area contributed by atoms with Crippen LogP contribution in [0, 0.1) is 0 Å². The van der Waals surface area contributed by atoms with Gasteiger partial charge in [-0.05, 0) is 102 Å². The van der Waals surface area contributed by atoms with E-state index in [1.807, 2.05) is 0 Å². The van der Waals surface area contributed by atoms with Crippen molar-refractivity contribution in [3.8, 4) is 33.4 Å². The minimum absolute atomic E-state index is 0.0219. The second-order valence-electron chi connectivity index (χ2n) is 17.1. The Kier molecular flexibility index (Phi) is 4.43. The first-order valence-electron chi connectivity index (χ1n) is 16.6. The van der Waals surface area contributed by atoms with Gasteiger partial charge in [0.15, 0.2) is 0 Å². The quantitative estimate of drug-likeness (QED) is 0.137. The van der Waals surface area contributed by atoms with E-state index < -0.39 is 0 Å². The summed E-state index contributed by atoms with van der Waals surface area (Å²) in [6, 6.07) is 14.4. The van der Waals surface area contributed by atoms with E-state index in [0.29, 0.717) is 0 Å². The summed E-state index contributed by atoms with van der Waals surface area (Å²) in [7, 11) is 0. The van der Waals surface area contributed by atoms with Crippen LogP contribution in [0.15, 0.2) is 36.4 Å². The topological polar surface area (TPSA) is 72.2 Å². The summed E-state index contributed by atoms with van der Waals surface area (Å²) in [4.78, 5) is 0. The van der Waals surface area contributed by atoms with Crippen molar-refractivity contribution in [3.05, 3.63) is 53.1 Å². The van der Waals surface area contributed by atoms with Gasteiger partial charge in [0.25, 0.3) is 0 Å². The summed E-state index contributed by atoms with van der Waals surface area (Å²) in [6.45, 7) is 20.7. The zero-order valence-corrected chi connectivity index (χ0v) is 27.7. The summed E-state index contributed by atoms with van der Waals surface area (Å²) < 4.78 is 0. The highest BCUT2D eigenvalue weighted by Crippen LogP contribution is 2.53. The first-order chi connectivity index (χ1) is 21.2. The molecule has 222 valence electrons. The van der Waals surface area contributed by atoms with E-state index in [9.17, 15) is 0 Å². The molecule has 0 aliphatic carbocycles. The van der Waals surface area contributed by atoms with Crippen LogP contribution < -0.4 is 47.8 Å². The predicted octanol–water partition coefficient (Wildman–Crippen LogP) is 6.22. The van der Waals surface area contributed by atoms with Gasteiger partial charge in [0.05, 0.1) is 0 Å². The van der Waals surface area contributed by atoms with Crippen molar-refractivity contribution < 1.29 is 0 Å². The van der Waals surface area contributed by atoms with E-state index in [2.05, 4.69) is 130 Å². The lowest BCUT2D eigenvalue weighted by atomic mass is 9.42. The molecular formula is C36H39B3N6. The first-order valence-corrected chi connectivity index (χ1v) is 16.6. The van der Waals surface area contributed by atoms with Gasteiger partial charge < -0.3 is 31.4 Å². The lowest BCUT2D eigenvalue weighted by Gasteiger charge is -2.49. The second-order valence-corrected chi connectivity index (χ2v) is 17.1. The number of hydrogen-bond donors (Lipinski definition) is 6. The number of rotatable bonds is 0. The lowest BCUT2D eigenvalue weighted by Crippen LogP contribution is -2.66. The Morgan fingerprint density at radius 2 is 0.533 bits per heavy atom. The molecule has 10 rings (SSSR count). The highest BCUT2D eigenvalue weighted by atomic mass is 15.1. The number of anilines is 6. The fourth-order valence-corrected chi connectivity index (χ4v) is 8.67. The number of hydrogen-bond acceptors (Lipinski definition) is 6. The maximum atomic E-state index is 4.01. The van der Waals surface area contributed by atoms with Crippen molar-refractivity contribution in [3.63, 3.8) is 0 Å². The largest absolute Gasteiger partial charge is 0.407 e. The van der Waals surface area contributed by atoms with E-state index in [4.69, 9.17) is 0 Å².